The number of ether oxygens (including phenoxy) is 2. The summed E-state index contributed by atoms with van der Waals surface area (Å²) in [4.78, 5) is 0. The molecule has 0 unspecified atom stereocenters. The standard InChI is InChI=1S/C5H6O5S/c6-11(7,8)4-5-3-9-1-2-10-5/h1-3H,4H2,(H,6,7,8). The maximum absolute atomic E-state index is 10.3. The second kappa shape index (κ2) is 2.93. The van der Waals surface area contributed by atoms with Gasteiger partial charge in [-0.25, -0.2) is 0 Å². The molecule has 0 aliphatic carbocycles. The van der Waals surface area contributed by atoms with Crippen LogP contribution in [-0.2, 0) is 19.6 Å². The lowest BCUT2D eigenvalue weighted by Crippen LogP contribution is -2.08. The third-order valence-electron chi connectivity index (χ3n) is 0.878. The van der Waals surface area contributed by atoms with Crippen molar-refractivity contribution < 1.29 is 22.4 Å². The predicted octanol–water partition coefficient (Wildman–Crippen LogP) is 0.234. The van der Waals surface area contributed by atoms with Crippen molar-refractivity contribution in [2.24, 2.45) is 0 Å². The van der Waals surface area contributed by atoms with Gasteiger partial charge in [0, 0.05) is 0 Å². The minimum atomic E-state index is -4.03. The van der Waals surface area contributed by atoms with Crippen LogP contribution in [0.25, 0.3) is 0 Å². The van der Waals surface area contributed by atoms with Crippen molar-refractivity contribution in [3.8, 4) is 0 Å². The van der Waals surface area contributed by atoms with E-state index in [1.54, 1.807) is 0 Å². The first kappa shape index (κ1) is 8.09. The highest BCUT2D eigenvalue weighted by Gasteiger charge is 2.11. The Morgan fingerprint density at radius 3 is 2.64 bits per heavy atom. The maximum Gasteiger partial charge on any atom is 0.272 e. The summed E-state index contributed by atoms with van der Waals surface area (Å²) in [7, 11) is -4.03. The van der Waals surface area contributed by atoms with Crippen molar-refractivity contribution in [2.75, 3.05) is 5.75 Å². The SMILES string of the molecule is O=S(=O)(O)CC1=COC=CO1. The second-order valence-electron chi connectivity index (χ2n) is 1.84. The Bertz CT molecular complexity index is 286. The number of hydrogen-bond donors (Lipinski definition) is 1. The summed E-state index contributed by atoms with van der Waals surface area (Å²) in [6.45, 7) is 0. The van der Waals surface area contributed by atoms with Gasteiger partial charge < -0.3 is 9.47 Å². The molecular weight excluding hydrogens is 172 g/mol. The van der Waals surface area contributed by atoms with Gasteiger partial charge in [-0.2, -0.15) is 8.42 Å². The fourth-order valence-corrected chi connectivity index (χ4v) is 1.03. The molecule has 0 aromatic carbocycles. The molecule has 1 aliphatic rings. The average molecular weight is 178 g/mol. The molecular formula is C5H6O5S. The van der Waals surface area contributed by atoms with Gasteiger partial charge in [0.15, 0.2) is 5.76 Å². The fourth-order valence-electron chi connectivity index (χ4n) is 0.538. The van der Waals surface area contributed by atoms with Gasteiger partial charge in [0.25, 0.3) is 10.1 Å². The van der Waals surface area contributed by atoms with E-state index in [0.29, 0.717) is 0 Å². The molecule has 1 aliphatic heterocycles. The molecule has 5 nitrogen and oxygen atoms in total. The van der Waals surface area contributed by atoms with Crippen LogP contribution in [0, 0.1) is 0 Å². The zero-order valence-electron chi connectivity index (χ0n) is 5.43. The molecule has 11 heavy (non-hydrogen) atoms. The molecule has 1 heterocycles. The Hall–Kier alpha value is -1.01. The Kier molecular flexibility index (Phi) is 2.16. The summed E-state index contributed by atoms with van der Waals surface area (Å²) >= 11 is 0. The zero-order chi connectivity index (χ0) is 8.32. The van der Waals surface area contributed by atoms with E-state index in [0.717, 1.165) is 6.26 Å². The van der Waals surface area contributed by atoms with Crippen LogP contribution in [-0.4, -0.2) is 18.7 Å². The van der Waals surface area contributed by atoms with E-state index < -0.39 is 15.9 Å². The molecule has 0 amide bonds. The van der Waals surface area contributed by atoms with Crippen LogP contribution in [0.2, 0.25) is 0 Å². The Balaban J connectivity index is 2.57. The van der Waals surface area contributed by atoms with Crippen molar-refractivity contribution >= 4 is 10.1 Å². The molecule has 6 heteroatoms. The van der Waals surface area contributed by atoms with E-state index in [1.807, 2.05) is 0 Å². The topological polar surface area (TPSA) is 72.8 Å². The Morgan fingerprint density at radius 1 is 1.45 bits per heavy atom. The van der Waals surface area contributed by atoms with Crippen molar-refractivity contribution in [3.63, 3.8) is 0 Å². The summed E-state index contributed by atoms with van der Waals surface area (Å²) in [6.07, 6.45) is 3.53. The van der Waals surface area contributed by atoms with Gasteiger partial charge in [0.1, 0.15) is 24.5 Å². The van der Waals surface area contributed by atoms with Gasteiger partial charge in [0.2, 0.25) is 0 Å². The first-order valence-electron chi connectivity index (χ1n) is 2.69. The molecule has 0 aromatic heterocycles. The average Bonchev–Trinajstić information content (AvgIpc) is 1.85. The molecule has 0 radical (unpaired) electrons. The fraction of sp³-hybridized carbons (Fsp3) is 0.200. The first-order valence-corrected chi connectivity index (χ1v) is 4.30. The van der Waals surface area contributed by atoms with Gasteiger partial charge in [0.05, 0.1) is 0 Å². The molecule has 0 saturated carbocycles. The molecule has 0 atom stereocenters. The molecule has 0 aromatic rings. The van der Waals surface area contributed by atoms with E-state index in [2.05, 4.69) is 9.47 Å². The molecule has 0 spiro atoms. The molecule has 1 N–H and O–H groups in total. The van der Waals surface area contributed by atoms with E-state index in [9.17, 15) is 8.42 Å². The Labute approximate surface area is 63.7 Å². The van der Waals surface area contributed by atoms with Gasteiger partial charge in [-0.05, 0) is 0 Å². The van der Waals surface area contributed by atoms with Gasteiger partial charge >= 0.3 is 0 Å². The van der Waals surface area contributed by atoms with E-state index in [-0.39, 0.29) is 5.76 Å². The van der Waals surface area contributed by atoms with Crippen molar-refractivity contribution in [3.05, 3.63) is 24.5 Å². The Morgan fingerprint density at radius 2 is 2.18 bits per heavy atom. The van der Waals surface area contributed by atoms with Gasteiger partial charge in [-0.15, -0.1) is 0 Å². The highest BCUT2D eigenvalue weighted by molar-refractivity contribution is 7.85. The maximum atomic E-state index is 10.3. The number of rotatable bonds is 2. The predicted molar refractivity (Wildman–Crippen MR) is 35.8 cm³/mol. The third kappa shape index (κ3) is 3.06. The highest BCUT2D eigenvalue weighted by atomic mass is 32.2. The molecule has 0 saturated heterocycles. The van der Waals surface area contributed by atoms with Crippen LogP contribution in [0.1, 0.15) is 0 Å². The summed E-state index contributed by atoms with van der Waals surface area (Å²) < 4.78 is 38.1. The quantitative estimate of drug-likeness (QED) is 0.613. The third-order valence-corrected chi connectivity index (χ3v) is 1.53. The van der Waals surface area contributed by atoms with Crippen LogP contribution >= 0.6 is 0 Å². The second-order valence-corrected chi connectivity index (χ2v) is 3.29. The van der Waals surface area contributed by atoms with E-state index in [4.69, 9.17) is 4.55 Å². The minimum absolute atomic E-state index is 0.0509. The molecule has 0 fully saturated rings. The van der Waals surface area contributed by atoms with Gasteiger partial charge in [-0.1, -0.05) is 0 Å². The number of hydrogen-bond acceptors (Lipinski definition) is 4. The lowest BCUT2D eigenvalue weighted by molar-refractivity contribution is 0.258. The lowest BCUT2D eigenvalue weighted by atomic mass is 10.6. The summed E-state index contributed by atoms with van der Waals surface area (Å²) in [5.41, 5.74) is 0. The van der Waals surface area contributed by atoms with Crippen molar-refractivity contribution in [2.45, 2.75) is 0 Å². The van der Waals surface area contributed by atoms with Crippen LogP contribution in [0.3, 0.4) is 0 Å². The molecule has 62 valence electrons. The summed E-state index contributed by atoms with van der Waals surface area (Å²) in [6, 6.07) is 0. The van der Waals surface area contributed by atoms with Gasteiger partial charge in [-0.3, -0.25) is 4.55 Å². The monoisotopic (exact) mass is 178 g/mol. The normalized spacial score (nSPS) is 16.6. The molecule has 1 rings (SSSR count). The largest absolute Gasteiger partial charge is 0.466 e. The van der Waals surface area contributed by atoms with Crippen molar-refractivity contribution in [1.82, 2.24) is 0 Å². The first-order chi connectivity index (χ1) is 5.08. The lowest BCUT2D eigenvalue weighted by Gasteiger charge is -2.06. The van der Waals surface area contributed by atoms with Crippen LogP contribution in [0.15, 0.2) is 24.5 Å². The smallest absolute Gasteiger partial charge is 0.272 e. The van der Waals surface area contributed by atoms with Crippen LogP contribution < -0.4 is 0 Å². The van der Waals surface area contributed by atoms with E-state index >= 15 is 0 Å². The highest BCUT2D eigenvalue weighted by Crippen LogP contribution is 2.06. The summed E-state index contributed by atoms with van der Waals surface area (Å²) in [5, 5.41) is 0. The van der Waals surface area contributed by atoms with Crippen LogP contribution in [0.5, 0.6) is 0 Å². The zero-order valence-corrected chi connectivity index (χ0v) is 6.24. The van der Waals surface area contributed by atoms with E-state index in [1.165, 1.54) is 12.5 Å². The van der Waals surface area contributed by atoms with Crippen molar-refractivity contribution in [1.29, 1.82) is 0 Å². The van der Waals surface area contributed by atoms with Crippen LogP contribution in [0.4, 0.5) is 0 Å². The molecule has 0 bridgehead atoms. The minimum Gasteiger partial charge on any atom is -0.466 e. The summed E-state index contributed by atoms with van der Waals surface area (Å²) in [5.74, 6) is -0.521.